The lowest BCUT2D eigenvalue weighted by Gasteiger charge is -2.29. The zero-order valence-electron chi connectivity index (χ0n) is 12.7. The molecule has 1 unspecified atom stereocenters. The zero-order chi connectivity index (χ0) is 15.3. The van der Waals surface area contributed by atoms with Crippen LogP contribution in [0.1, 0.15) is 11.6 Å². The fraction of sp³-hybridized carbons (Fsp3) is 0.222. The summed E-state index contributed by atoms with van der Waals surface area (Å²) < 4.78 is 2.10. The summed E-state index contributed by atoms with van der Waals surface area (Å²) in [6.45, 7) is 0. The Kier molecular flexibility index (Phi) is 2.79. The number of amides is 1. The van der Waals surface area contributed by atoms with Crippen LogP contribution in [0.15, 0.2) is 48.5 Å². The average molecular weight is 291 g/mol. The van der Waals surface area contributed by atoms with Gasteiger partial charge in [0.05, 0.1) is 11.0 Å². The quantitative estimate of drug-likeness (QED) is 0.691. The van der Waals surface area contributed by atoms with Crippen LogP contribution in [0, 0.1) is 0 Å². The van der Waals surface area contributed by atoms with E-state index < -0.39 is 0 Å². The number of carbonyl (C=O) groups excluding carboxylic acids is 1. The van der Waals surface area contributed by atoms with E-state index in [4.69, 9.17) is 4.98 Å². The summed E-state index contributed by atoms with van der Waals surface area (Å²) in [7, 11) is 3.61. The van der Waals surface area contributed by atoms with Crippen LogP contribution in [-0.4, -0.2) is 34.5 Å². The summed E-state index contributed by atoms with van der Waals surface area (Å²) in [4.78, 5) is 19.1. The third kappa shape index (κ3) is 1.77. The minimum Gasteiger partial charge on any atom is -0.347 e. The second kappa shape index (κ2) is 4.70. The number of hydrogen-bond donors (Lipinski definition) is 0. The topological polar surface area (TPSA) is 38.1 Å². The molecule has 1 aliphatic rings. The van der Waals surface area contributed by atoms with Crippen LogP contribution in [0.25, 0.3) is 22.4 Å². The molecule has 4 rings (SSSR count). The molecule has 0 saturated carbocycles. The Morgan fingerprint density at radius 3 is 2.68 bits per heavy atom. The molecule has 0 fully saturated rings. The van der Waals surface area contributed by atoms with Gasteiger partial charge in [-0.25, -0.2) is 4.98 Å². The molecule has 0 saturated heterocycles. The van der Waals surface area contributed by atoms with Crippen LogP contribution in [-0.2, 0) is 11.2 Å². The van der Waals surface area contributed by atoms with E-state index in [0.29, 0.717) is 6.42 Å². The fourth-order valence-electron chi connectivity index (χ4n) is 3.26. The molecule has 0 bridgehead atoms. The van der Waals surface area contributed by atoms with Crippen molar-refractivity contribution in [3.05, 3.63) is 54.1 Å². The van der Waals surface area contributed by atoms with Crippen LogP contribution < -0.4 is 0 Å². The van der Waals surface area contributed by atoms with Crippen LogP contribution in [0.2, 0.25) is 0 Å². The van der Waals surface area contributed by atoms with Crippen molar-refractivity contribution in [1.29, 1.82) is 0 Å². The third-order valence-electron chi connectivity index (χ3n) is 4.30. The Labute approximate surface area is 129 Å². The Morgan fingerprint density at radius 2 is 1.86 bits per heavy atom. The predicted molar refractivity (Wildman–Crippen MR) is 86.6 cm³/mol. The van der Waals surface area contributed by atoms with Crippen molar-refractivity contribution < 1.29 is 4.79 Å². The van der Waals surface area contributed by atoms with Gasteiger partial charge in [-0.3, -0.25) is 4.79 Å². The van der Waals surface area contributed by atoms with E-state index in [0.717, 1.165) is 22.4 Å². The summed E-state index contributed by atoms with van der Waals surface area (Å²) in [6.07, 6.45) is 0.709. The molecular formula is C18H17N3O. The average Bonchev–Trinajstić information content (AvgIpc) is 2.93. The van der Waals surface area contributed by atoms with Gasteiger partial charge in [-0.15, -0.1) is 0 Å². The highest BCUT2D eigenvalue weighted by Crippen LogP contribution is 2.37. The van der Waals surface area contributed by atoms with Gasteiger partial charge in [-0.2, -0.15) is 0 Å². The van der Waals surface area contributed by atoms with E-state index in [1.807, 2.05) is 50.5 Å². The van der Waals surface area contributed by atoms with Crippen molar-refractivity contribution in [2.45, 2.75) is 12.5 Å². The molecule has 4 heteroatoms. The van der Waals surface area contributed by atoms with Gasteiger partial charge in [0.25, 0.3) is 0 Å². The van der Waals surface area contributed by atoms with Crippen molar-refractivity contribution in [1.82, 2.24) is 14.5 Å². The number of para-hydroxylation sites is 2. The van der Waals surface area contributed by atoms with E-state index in [9.17, 15) is 4.79 Å². The molecule has 1 atom stereocenters. The molecule has 2 aromatic carbocycles. The first kappa shape index (κ1) is 13.1. The van der Waals surface area contributed by atoms with Gasteiger partial charge in [0, 0.05) is 26.1 Å². The lowest BCUT2D eigenvalue weighted by Crippen LogP contribution is -2.35. The van der Waals surface area contributed by atoms with Crippen LogP contribution in [0.4, 0.5) is 0 Å². The van der Waals surface area contributed by atoms with E-state index >= 15 is 0 Å². The lowest BCUT2D eigenvalue weighted by molar-refractivity contribution is -0.132. The molecule has 4 nitrogen and oxygen atoms in total. The largest absolute Gasteiger partial charge is 0.347 e. The molecule has 110 valence electrons. The molecule has 0 radical (unpaired) electrons. The minimum atomic E-state index is -0.229. The summed E-state index contributed by atoms with van der Waals surface area (Å²) in [5, 5.41) is 0. The van der Waals surface area contributed by atoms with Gasteiger partial charge in [0.2, 0.25) is 5.91 Å². The maximum absolute atomic E-state index is 12.7. The number of hydrogen-bond acceptors (Lipinski definition) is 2. The molecule has 1 aliphatic heterocycles. The molecule has 2 heterocycles. The van der Waals surface area contributed by atoms with Crippen molar-refractivity contribution in [3.8, 4) is 11.4 Å². The molecule has 1 aromatic heterocycles. The van der Waals surface area contributed by atoms with Crippen molar-refractivity contribution >= 4 is 16.9 Å². The van der Waals surface area contributed by atoms with Crippen molar-refractivity contribution in [2.24, 2.45) is 0 Å². The highest BCUT2D eigenvalue weighted by molar-refractivity contribution is 5.89. The molecule has 3 aromatic rings. The highest BCUT2D eigenvalue weighted by atomic mass is 16.2. The molecule has 22 heavy (non-hydrogen) atoms. The standard InChI is InChI=1S/C18H17N3O/c1-20(2)18(22)16-11-12-7-3-4-8-13(12)17-19-14-9-5-6-10-15(14)21(16)17/h3-10,16H,11H2,1-2H3. The number of aromatic nitrogens is 2. The maximum Gasteiger partial charge on any atom is 0.245 e. The maximum atomic E-state index is 12.7. The Balaban J connectivity index is 2.03. The summed E-state index contributed by atoms with van der Waals surface area (Å²) in [6, 6.07) is 16.0. The summed E-state index contributed by atoms with van der Waals surface area (Å²) >= 11 is 0. The number of fused-ring (bicyclic) bond motifs is 5. The molecular weight excluding hydrogens is 274 g/mol. The Hall–Kier alpha value is -2.62. The van der Waals surface area contributed by atoms with Crippen LogP contribution >= 0.6 is 0 Å². The van der Waals surface area contributed by atoms with Crippen molar-refractivity contribution in [3.63, 3.8) is 0 Å². The van der Waals surface area contributed by atoms with E-state index in [1.165, 1.54) is 5.56 Å². The molecule has 1 amide bonds. The number of carbonyl (C=O) groups is 1. The predicted octanol–water partition coefficient (Wildman–Crippen LogP) is 2.89. The first-order valence-corrected chi connectivity index (χ1v) is 7.43. The van der Waals surface area contributed by atoms with Crippen LogP contribution in [0.5, 0.6) is 0 Å². The van der Waals surface area contributed by atoms with Crippen molar-refractivity contribution in [2.75, 3.05) is 14.1 Å². The smallest absolute Gasteiger partial charge is 0.245 e. The summed E-state index contributed by atoms with van der Waals surface area (Å²) in [5.74, 6) is 1.00. The molecule has 0 aliphatic carbocycles. The minimum absolute atomic E-state index is 0.110. The van der Waals surface area contributed by atoms with Gasteiger partial charge in [0.1, 0.15) is 11.9 Å². The van der Waals surface area contributed by atoms with Gasteiger partial charge in [0.15, 0.2) is 0 Å². The lowest BCUT2D eigenvalue weighted by atomic mass is 9.94. The second-order valence-electron chi connectivity index (χ2n) is 5.90. The zero-order valence-corrected chi connectivity index (χ0v) is 12.7. The van der Waals surface area contributed by atoms with E-state index in [-0.39, 0.29) is 11.9 Å². The van der Waals surface area contributed by atoms with Gasteiger partial charge in [-0.1, -0.05) is 36.4 Å². The number of imidazole rings is 1. The first-order valence-electron chi connectivity index (χ1n) is 7.43. The number of rotatable bonds is 1. The molecule has 0 spiro atoms. The van der Waals surface area contributed by atoms with Gasteiger partial charge >= 0.3 is 0 Å². The highest BCUT2D eigenvalue weighted by Gasteiger charge is 2.32. The number of benzene rings is 2. The number of likely N-dealkylation sites (N-methyl/N-ethyl adjacent to an activating group) is 1. The van der Waals surface area contributed by atoms with Gasteiger partial charge < -0.3 is 9.47 Å². The third-order valence-corrected chi connectivity index (χ3v) is 4.30. The fourth-order valence-corrected chi connectivity index (χ4v) is 3.26. The Bertz CT molecular complexity index is 879. The van der Waals surface area contributed by atoms with E-state index in [1.54, 1.807) is 4.90 Å². The second-order valence-corrected chi connectivity index (χ2v) is 5.90. The molecule has 0 N–H and O–H groups in total. The normalized spacial score (nSPS) is 16.2. The van der Waals surface area contributed by atoms with Crippen LogP contribution in [0.3, 0.4) is 0 Å². The van der Waals surface area contributed by atoms with Gasteiger partial charge in [-0.05, 0) is 17.7 Å². The SMILES string of the molecule is CN(C)C(=O)C1Cc2ccccc2-c2nc3ccccc3n21. The van der Waals surface area contributed by atoms with E-state index in [2.05, 4.69) is 16.7 Å². The number of nitrogens with zero attached hydrogens (tertiary/aromatic N) is 3. The summed E-state index contributed by atoms with van der Waals surface area (Å²) in [5.41, 5.74) is 4.27. The monoisotopic (exact) mass is 291 g/mol. The first-order chi connectivity index (χ1) is 10.7. The Morgan fingerprint density at radius 1 is 1.14 bits per heavy atom.